The van der Waals surface area contributed by atoms with E-state index in [1.54, 1.807) is 0 Å². The van der Waals surface area contributed by atoms with Gasteiger partial charge in [-0.1, -0.05) is 30.7 Å². The summed E-state index contributed by atoms with van der Waals surface area (Å²) in [5.74, 6) is 2.51. The molecular weight excluding hydrogens is 264 g/mol. The monoisotopic (exact) mass is 290 g/mol. The highest BCUT2D eigenvalue weighted by molar-refractivity contribution is 7.99. The van der Waals surface area contributed by atoms with Crippen molar-refractivity contribution < 1.29 is 0 Å². The highest BCUT2D eigenvalue weighted by Crippen LogP contribution is 2.17. The largest absolute Gasteiger partial charge is 0.303 e. The fourth-order valence-corrected chi connectivity index (χ4v) is 4.18. The van der Waals surface area contributed by atoms with Gasteiger partial charge in [0.2, 0.25) is 0 Å². The first-order valence-electron chi connectivity index (χ1n) is 8.00. The number of thioether (sulfide) groups is 1. The van der Waals surface area contributed by atoms with Crippen LogP contribution >= 0.6 is 11.8 Å². The van der Waals surface area contributed by atoms with Crippen molar-refractivity contribution in [2.45, 2.75) is 32.2 Å². The van der Waals surface area contributed by atoms with E-state index in [4.69, 9.17) is 0 Å². The van der Waals surface area contributed by atoms with E-state index in [1.807, 2.05) is 0 Å². The van der Waals surface area contributed by atoms with Crippen molar-refractivity contribution in [1.82, 2.24) is 9.80 Å². The van der Waals surface area contributed by atoms with E-state index in [0.29, 0.717) is 0 Å². The Morgan fingerprint density at radius 1 is 0.950 bits per heavy atom. The molecule has 1 aromatic carbocycles. The lowest BCUT2D eigenvalue weighted by Crippen LogP contribution is -2.31. The predicted octanol–water partition coefficient (Wildman–Crippen LogP) is 3.22. The molecule has 2 saturated heterocycles. The van der Waals surface area contributed by atoms with E-state index in [1.165, 1.54) is 74.6 Å². The zero-order valence-electron chi connectivity index (χ0n) is 12.4. The quantitative estimate of drug-likeness (QED) is 0.822. The lowest BCUT2D eigenvalue weighted by atomic mass is 10.1. The van der Waals surface area contributed by atoms with Gasteiger partial charge < -0.3 is 4.90 Å². The summed E-state index contributed by atoms with van der Waals surface area (Å²) in [4.78, 5) is 5.18. The van der Waals surface area contributed by atoms with Crippen LogP contribution in [0.5, 0.6) is 0 Å². The summed E-state index contributed by atoms with van der Waals surface area (Å²) in [6, 6.07) is 9.25. The molecule has 3 heteroatoms. The second kappa shape index (κ2) is 7.48. The van der Waals surface area contributed by atoms with Gasteiger partial charge in [-0.2, -0.15) is 0 Å². The molecule has 0 amide bonds. The third-order valence-electron chi connectivity index (χ3n) is 4.39. The Hall–Kier alpha value is -0.510. The molecule has 110 valence electrons. The minimum Gasteiger partial charge on any atom is -0.303 e. The van der Waals surface area contributed by atoms with Crippen LogP contribution < -0.4 is 0 Å². The molecule has 0 bridgehead atoms. The zero-order valence-corrected chi connectivity index (χ0v) is 13.2. The molecular formula is C17H26N2S. The van der Waals surface area contributed by atoms with Gasteiger partial charge in [-0.25, -0.2) is 0 Å². The van der Waals surface area contributed by atoms with E-state index in [2.05, 4.69) is 45.8 Å². The van der Waals surface area contributed by atoms with Gasteiger partial charge in [0.05, 0.1) is 0 Å². The Labute approximate surface area is 127 Å². The second-order valence-electron chi connectivity index (χ2n) is 6.06. The molecule has 0 radical (unpaired) electrons. The van der Waals surface area contributed by atoms with Gasteiger partial charge in [-0.15, -0.1) is 11.8 Å². The molecule has 0 saturated carbocycles. The molecule has 20 heavy (non-hydrogen) atoms. The van der Waals surface area contributed by atoms with Crippen LogP contribution in [0.4, 0.5) is 0 Å². The Kier molecular flexibility index (Phi) is 5.40. The summed E-state index contributed by atoms with van der Waals surface area (Å²) < 4.78 is 0. The van der Waals surface area contributed by atoms with Crippen molar-refractivity contribution >= 4 is 11.8 Å². The van der Waals surface area contributed by atoms with Crippen LogP contribution in [0, 0.1) is 0 Å². The van der Waals surface area contributed by atoms with E-state index >= 15 is 0 Å². The molecule has 3 rings (SSSR count). The molecule has 0 aromatic heterocycles. The smallest absolute Gasteiger partial charge is 0.0448 e. The molecule has 2 aliphatic heterocycles. The van der Waals surface area contributed by atoms with E-state index in [0.717, 1.165) is 6.54 Å². The van der Waals surface area contributed by atoms with Crippen LogP contribution in [-0.2, 0) is 13.0 Å². The van der Waals surface area contributed by atoms with E-state index in [9.17, 15) is 0 Å². The van der Waals surface area contributed by atoms with Gasteiger partial charge in [0.15, 0.2) is 0 Å². The number of benzene rings is 1. The van der Waals surface area contributed by atoms with E-state index in [-0.39, 0.29) is 0 Å². The fourth-order valence-electron chi connectivity index (χ4n) is 3.19. The number of hydrogen-bond donors (Lipinski definition) is 0. The van der Waals surface area contributed by atoms with E-state index < -0.39 is 0 Å². The zero-order chi connectivity index (χ0) is 13.6. The summed E-state index contributed by atoms with van der Waals surface area (Å²) in [6.07, 6.45) is 5.43. The average molecular weight is 290 g/mol. The molecule has 0 spiro atoms. The number of piperidine rings is 1. The molecule has 0 N–H and O–H groups in total. The number of rotatable bonds is 5. The van der Waals surface area contributed by atoms with Crippen molar-refractivity contribution in [2.75, 3.05) is 37.8 Å². The maximum atomic E-state index is 2.63. The minimum atomic E-state index is 1.13. The van der Waals surface area contributed by atoms with Gasteiger partial charge in [-0.05, 0) is 43.5 Å². The van der Waals surface area contributed by atoms with Crippen LogP contribution in [0.15, 0.2) is 24.3 Å². The lowest BCUT2D eigenvalue weighted by Gasteiger charge is -2.26. The predicted molar refractivity (Wildman–Crippen MR) is 88.2 cm³/mol. The van der Waals surface area contributed by atoms with Crippen LogP contribution in [0.2, 0.25) is 0 Å². The molecule has 0 aliphatic carbocycles. The van der Waals surface area contributed by atoms with Gasteiger partial charge in [0, 0.05) is 31.3 Å². The van der Waals surface area contributed by atoms with Gasteiger partial charge in [-0.3, -0.25) is 4.90 Å². The van der Waals surface area contributed by atoms with Gasteiger partial charge in [0.1, 0.15) is 0 Å². The van der Waals surface area contributed by atoms with Gasteiger partial charge in [0.25, 0.3) is 0 Å². The molecule has 2 heterocycles. The Balaban J connectivity index is 1.50. The number of nitrogens with zero attached hydrogens (tertiary/aromatic N) is 2. The third-order valence-corrected chi connectivity index (χ3v) is 5.41. The molecule has 2 fully saturated rings. The summed E-state index contributed by atoms with van der Waals surface area (Å²) >= 11 is 2.05. The summed E-state index contributed by atoms with van der Waals surface area (Å²) in [5.41, 5.74) is 3.00. The van der Waals surface area contributed by atoms with Crippen LogP contribution in [0.1, 0.15) is 30.4 Å². The summed E-state index contributed by atoms with van der Waals surface area (Å²) in [7, 11) is 0. The standard InChI is InChI=1S/C17H26N2S/c1-2-8-18(9-3-1)10-7-16-5-4-6-17(13-16)14-19-11-12-20-15-19/h4-6,13H,1-3,7-12,14-15H2. The highest BCUT2D eigenvalue weighted by atomic mass is 32.2. The lowest BCUT2D eigenvalue weighted by molar-refractivity contribution is 0.231. The maximum absolute atomic E-state index is 2.63. The first kappa shape index (κ1) is 14.4. The van der Waals surface area contributed by atoms with Crippen molar-refractivity contribution in [2.24, 2.45) is 0 Å². The van der Waals surface area contributed by atoms with Crippen molar-refractivity contribution in [3.63, 3.8) is 0 Å². The molecule has 0 atom stereocenters. The van der Waals surface area contributed by atoms with Crippen molar-refractivity contribution in [3.8, 4) is 0 Å². The maximum Gasteiger partial charge on any atom is 0.0448 e. The SMILES string of the molecule is c1cc(CCN2CCCCC2)cc(CN2CCSC2)c1. The first-order chi connectivity index (χ1) is 9.90. The van der Waals surface area contributed by atoms with Crippen molar-refractivity contribution in [3.05, 3.63) is 35.4 Å². The highest BCUT2D eigenvalue weighted by Gasteiger charge is 2.13. The minimum absolute atomic E-state index is 1.13. The second-order valence-corrected chi connectivity index (χ2v) is 7.14. The molecule has 2 nitrogen and oxygen atoms in total. The number of hydrogen-bond acceptors (Lipinski definition) is 3. The topological polar surface area (TPSA) is 6.48 Å². The summed E-state index contributed by atoms with van der Waals surface area (Å²) in [5, 5.41) is 0. The number of likely N-dealkylation sites (tertiary alicyclic amines) is 1. The Bertz CT molecular complexity index is 409. The summed E-state index contributed by atoms with van der Waals surface area (Å²) in [6.45, 7) is 6.24. The molecule has 2 aliphatic rings. The van der Waals surface area contributed by atoms with Crippen LogP contribution in [0.25, 0.3) is 0 Å². The van der Waals surface area contributed by atoms with Gasteiger partial charge >= 0.3 is 0 Å². The Morgan fingerprint density at radius 2 is 1.80 bits per heavy atom. The Morgan fingerprint density at radius 3 is 2.60 bits per heavy atom. The van der Waals surface area contributed by atoms with Crippen LogP contribution in [-0.4, -0.2) is 47.6 Å². The van der Waals surface area contributed by atoms with Crippen molar-refractivity contribution in [1.29, 1.82) is 0 Å². The fraction of sp³-hybridized carbons (Fsp3) is 0.647. The van der Waals surface area contributed by atoms with Crippen LogP contribution in [0.3, 0.4) is 0 Å². The molecule has 0 unspecified atom stereocenters. The normalized spacial score (nSPS) is 21.4. The first-order valence-corrected chi connectivity index (χ1v) is 9.16. The average Bonchev–Trinajstić information content (AvgIpc) is 3.00. The molecule has 1 aromatic rings. The third kappa shape index (κ3) is 4.24.